The summed E-state index contributed by atoms with van der Waals surface area (Å²) in [5.74, 6) is -0.964. The Morgan fingerprint density at radius 2 is 2.45 bits per heavy atom. The Labute approximate surface area is 64.9 Å². The quantitative estimate of drug-likeness (QED) is 0.612. The van der Waals surface area contributed by atoms with Gasteiger partial charge in [-0.25, -0.2) is 4.67 Å². The second-order valence-corrected chi connectivity index (χ2v) is 3.74. The van der Waals surface area contributed by atoms with Crippen LogP contribution in [0.4, 0.5) is 0 Å². The highest BCUT2D eigenvalue weighted by atomic mass is 31.1. The molecule has 1 aliphatic heterocycles. The predicted molar refractivity (Wildman–Crippen MR) is 38.8 cm³/mol. The maximum absolute atomic E-state index is 11.0. The summed E-state index contributed by atoms with van der Waals surface area (Å²) >= 11 is 0. The van der Waals surface area contributed by atoms with E-state index >= 15 is 0 Å². The van der Waals surface area contributed by atoms with Gasteiger partial charge in [-0.1, -0.05) is 0 Å². The van der Waals surface area contributed by atoms with Crippen LogP contribution in [0.25, 0.3) is 0 Å². The Hall–Kier alpha value is -0.380. The highest BCUT2D eigenvalue weighted by molar-refractivity contribution is 7.36. The molecule has 11 heavy (non-hydrogen) atoms. The Kier molecular flexibility index (Phi) is 3.05. The van der Waals surface area contributed by atoms with Crippen LogP contribution < -0.4 is 0 Å². The zero-order valence-corrected chi connectivity index (χ0v) is 6.95. The summed E-state index contributed by atoms with van der Waals surface area (Å²) in [5.41, 5.74) is 0. The first-order valence-corrected chi connectivity index (χ1v) is 4.60. The second kappa shape index (κ2) is 3.85. The molecule has 1 aliphatic rings. The summed E-state index contributed by atoms with van der Waals surface area (Å²) in [6.07, 6.45) is 0.754. The van der Waals surface area contributed by atoms with Crippen molar-refractivity contribution in [3.8, 4) is 0 Å². The average Bonchev–Trinajstić information content (AvgIpc) is 1.93. The third kappa shape index (κ3) is 2.61. The van der Waals surface area contributed by atoms with Crippen molar-refractivity contribution >= 4 is 14.1 Å². The Bertz CT molecular complexity index is 183. The lowest BCUT2D eigenvalue weighted by Crippen LogP contribution is -2.28. The lowest BCUT2D eigenvalue weighted by atomic mass is 10.4. The summed E-state index contributed by atoms with van der Waals surface area (Å²) < 4.78 is 17.1. The highest BCUT2D eigenvalue weighted by Gasteiger charge is 2.19. The average molecular weight is 179 g/mol. The van der Waals surface area contributed by atoms with Gasteiger partial charge in [-0.15, -0.1) is 0 Å². The van der Waals surface area contributed by atoms with Crippen LogP contribution in [0.15, 0.2) is 0 Å². The third-order valence-corrected chi connectivity index (χ3v) is 2.73. The van der Waals surface area contributed by atoms with Gasteiger partial charge in [0.25, 0.3) is 8.18 Å². The van der Waals surface area contributed by atoms with Crippen LogP contribution in [-0.2, 0) is 13.9 Å². The Morgan fingerprint density at radius 3 is 3.00 bits per heavy atom. The number of hydrogen-bond donors (Lipinski definition) is 1. The van der Waals surface area contributed by atoms with Gasteiger partial charge in [0, 0.05) is 6.54 Å². The van der Waals surface area contributed by atoms with Crippen LogP contribution >= 0.6 is 8.18 Å². The predicted octanol–water partition coefficient (Wildman–Crippen LogP) is 0.183. The van der Waals surface area contributed by atoms with Crippen LogP contribution in [0.3, 0.4) is 0 Å². The van der Waals surface area contributed by atoms with E-state index in [2.05, 4.69) is 0 Å². The summed E-state index contributed by atoms with van der Waals surface area (Å²) in [4.78, 5) is 10.2. The lowest BCUT2D eigenvalue weighted by Gasteiger charge is -2.23. The summed E-state index contributed by atoms with van der Waals surface area (Å²) in [6.45, 7) is 0.857. The van der Waals surface area contributed by atoms with Gasteiger partial charge in [-0.2, -0.15) is 0 Å². The molecule has 1 fully saturated rings. The van der Waals surface area contributed by atoms with Crippen molar-refractivity contribution in [1.82, 2.24) is 4.67 Å². The number of rotatable bonds is 2. The molecule has 0 aromatic rings. The van der Waals surface area contributed by atoms with Gasteiger partial charge in [0.15, 0.2) is 0 Å². The standard InChI is InChI=1S/C5H10NO4P/c7-5(8)4-6-2-1-3-10-11(6)9/h11H,1-4H2,(H,7,8). The van der Waals surface area contributed by atoms with E-state index < -0.39 is 14.1 Å². The van der Waals surface area contributed by atoms with E-state index in [0.29, 0.717) is 13.2 Å². The molecule has 0 spiro atoms. The van der Waals surface area contributed by atoms with Gasteiger partial charge in [0.2, 0.25) is 0 Å². The Balaban J connectivity index is 2.42. The van der Waals surface area contributed by atoms with Crippen molar-refractivity contribution in [3.63, 3.8) is 0 Å². The van der Waals surface area contributed by atoms with E-state index in [4.69, 9.17) is 9.63 Å². The van der Waals surface area contributed by atoms with E-state index in [1.807, 2.05) is 0 Å². The molecule has 5 nitrogen and oxygen atoms in total. The van der Waals surface area contributed by atoms with Crippen LogP contribution in [0.1, 0.15) is 6.42 Å². The third-order valence-electron chi connectivity index (χ3n) is 1.38. The number of carboxylic acid groups (broad SMARTS) is 1. The zero-order chi connectivity index (χ0) is 8.27. The zero-order valence-electron chi connectivity index (χ0n) is 5.95. The van der Waals surface area contributed by atoms with E-state index in [1.165, 1.54) is 4.67 Å². The second-order valence-electron chi connectivity index (χ2n) is 2.28. The van der Waals surface area contributed by atoms with Crippen LogP contribution in [0.5, 0.6) is 0 Å². The fourth-order valence-corrected chi connectivity index (χ4v) is 2.01. The number of carbonyl (C=O) groups is 1. The molecule has 1 rings (SSSR count). The smallest absolute Gasteiger partial charge is 0.318 e. The molecule has 1 saturated heterocycles. The number of nitrogens with zero attached hydrogens (tertiary/aromatic N) is 1. The number of aliphatic carboxylic acids is 1. The van der Waals surface area contributed by atoms with Gasteiger partial charge in [-0.05, 0) is 6.42 Å². The van der Waals surface area contributed by atoms with Gasteiger partial charge in [-0.3, -0.25) is 9.36 Å². The molecule has 0 aliphatic carbocycles. The SMILES string of the molecule is O=C(O)CN1CCCO[PH]1=O. The molecule has 6 heteroatoms. The lowest BCUT2D eigenvalue weighted by molar-refractivity contribution is -0.137. The normalized spacial score (nSPS) is 26.7. The molecule has 64 valence electrons. The van der Waals surface area contributed by atoms with Crippen molar-refractivity contribution in [1.29, 1.82) is 0 Å². The van der Waals surface area contributed by atoms with E-state index in [1.54, 1.807) is 0 Å². The molecule has 0 bridgehead atoms. The molecule has 0 aromatic heterocycles. The molecule has 1 unspecified atom stereocenters. The minimum atomic E-state index is -2.22. The highest BCUT2D eigenvalue weighted by Crippen LogP contribution is 2.31. The van der Waals surface area contributed by atoms with Crippen molar-refractivity contribution < 1.29 is 19.0 Å². The molecule has 0 aromatic carbocycles. The minimum Gasteiger partial charge on any atom is -0.480 e. The van der Waals surface area contributed by atoms with Crippen molar-refractivity contribution in [3.05, 3.63) is 0 Å². The van der Waals surface area contributed by atoms with Gasteiger partial charge >= 0.3 is 5.97 Å². The summed E-state index contributed by atoms with van der Waals surface area (Å²) in [7, 11) is -2.22. The van der Waals surface area contributed by atoms with Gasteiger partial charge in [0.1, 0.15) is 6.54 Å². The van der Waals surface area contributed by atoms with Gasteiger partial charge in [0.05, 0.1) is 6.61 Å². The number of hydrogen-bond acceptors (Lipinski definition) is 3. The fourth-order valence-electron chi connectivity index (χ4n) is 0.904. The van der Waals surface area contributed by atoms with Crippen LogP contribution in [0.2, 0.25) is 0 Å². The summed E-state index contributed by atoms with van der Waals surface area (Å²) in [6, 6.07) is 0. The first-order chi connectivity index (χ1) is 5.20. The maximum atomic E-state index is 11.0. The molecule has 1 heterocycles. The van der Waals surface area contributed by atoms with E-state index in [9.17, 15) is 9.36 Å². The summed E-state index contributed by atoms with van der Waals surface area (Å²) in [5, 5.41) is 8.36. The monoisotopic (exact) mass is 179 g/mol. The maximum Gasteiger partial charge on any atom is 0.318 e. The molecule has 0 amide bonds. The Morgan fingerprint density at radius 1 is 1.73 bits per heavy atom. The van der Waals surface area contributed by atoms with E-state index in [0.717, 1.165) is 6.42 Å². The first kappa shape index (κ1) is 8.71. The molecule has 1 N–H and O–H groups in total. The molecular weight excluding hydrogens is 169 g/mol. The molecule has 1 atom stereocenters. The van der Waals surface area contributed by atoms with E-state index in [-0.39, 0.29) is 6.54 Å². The number of carboxylic acids is 1. The fraction of sp³-hybridized carbons (Fsp3) is 0.800. The van der Waals surface area contributed by atoms with Crippen molar-refractivity contribution in [2.75, 3.05) is 19.7 Å². The minimum absolute atomic E-state index is 0.183. The topological polar surface area (TPSA) is 66.8 Å². The van der Waals surface area contributed by atoms with Crippen LogP contribution in [0, 0.1) is 0 Å². The van der Waals surface area contributed by atoms with Crippen molar-refractivity contribution in [2.45, 2.75) is 6.42 Å². The largest absolute Gasteiger partial charge is 0.480 e. The molecule has 0 saturated carbocycles. The molecular formula is C5H10NO4P. The first-order valence-electron chi connectivity index (χ1n) is 3.33. The van der Waals surface area contributed by atoms with Crippen molar-refractivity contribution in [2.24, 2.45) is 0 Å². The molecule has 0 radical (unpaired) electrons. The van der Waals surface area contributed by atoms with Crippen LogP contribution in [-0.4, -0.2) is 35.4 Å². The van der Waals surface area contributed by atoms with Gasteiger partial charge < -0.3 is 9.63 Å².